The number of nitrogens with zero attached hydrogens (tertiary/aromatic N) is 2. The number of aromatic nitrogens is 1. The Bertz CT molecular complexity index is 403. The zero-order valence-corrected chi connectivity index (χ0v) is 12.3. The van der Waals surface area contributed by atoms with Crippen molar-refractivity contribution in [2.24, 2.45) is 5.92 Å². The second kappa shape index (κ2) is 6.66. The van der Waals surface area contributed by atoms with E-state index in [0.29, 0.717) is 18.0 Å². The average Bonchev–Trinajstić information content (AvgIpc) is 2.90. The van der Waals surface area contributed by atoms with Crippen molar-refractivity contribution in [3.05, 3.63) is 30.1 Å². The van der Waals surface area contributed by atoms with E-state index in [2.05, 4.69) is 34.4 Å². The minimum Gasteiger partial charge on any atom is -0.379 e. The summed E-state index contributed by atoms with van der Waals surface area (Å²) >= 11 is 0. The summed E-state index contributed by atoms with van der Waals surface area (Å²) in [5.74, 6) is 0.594. The zero-order valence-electron chi connectivity index (χ0n) is 12.3. The number of likely N-dealkylation sites (tertiary alicyclic amines) is 1. The number of piperidine rings is 1. The highest BCUT2D eigenvalue weighted by atomic mass is 16.5. The molecule has 1 aromatic rings. The molecule has 0 aliphatic carbocycles. The summed E-state index contributed by atoms with van der Waals surface area (Å²) in [6.45, 7) is 4.16. The van der Waals surface area contributed by atoms with Gasteiger partial charge in [0.2, 0.25) is 0 Å². The van der Waals surface area contributed by atoms with Gasteiger partial charge in [0.15, 0.2) is 0 Å². The van der Waals surface area contributed by atoms with Gasteiger partial charge < -0.3 is 15.0 Å². The summed E-state index contributed by atoms with van der Waals surface area (Å²) in [7, 11) is 2.21. The van der Waals surface area contributed by atoms with Gasteiger partial charge in [-0.3, -0.25) is 4.98 Å². The standard InChI is InChI=1S/C16H25N3O/c1-19-8-4-15(5-9-19)18-16-12-20-11-14(16)10-13-2-6-17-7-3-13/h2-3,6-7,14-16,18H,4-5,8-12H2,1H3/t14-,16-/m1/s1. The van der Waals surface area contributed by atoms with Crippen LogP contribution in [-0.4, -0.2) is 55.3 Å². The number of rotatable bonds is 4. The second-order valence-corrected chi connectivity index (χ2v) is 6.21. The topological polar surface area (TPSA) is 37.4 Å². The highest BCUT2D eigenvalue weighted by Crippen LogP contribution is 2.21. The highest BCUT2D eigenvalue weighted by molar-refractivity contribution is 5.11. The Hall–Kier alpha value is -0.970. The number of pyridine rings is 1. The van der Waals surface area contributed by atoms with Crippen molar-refractivity contribution in [1.82, 2.24) is 15.2 Å². The normalized spacial score (nSPS) is 28.9. The van der Waals surface area contributed by atoms with E-state index in [0.717, 1.165) is 19.6 Å². The SMILES string of the molecule is CN1CCC(N[C@@H]2COC[C@H]2Cc2ccncc2)CC1. The summed E-state index contributed by atoms with van der Waals surface area (Å²) in [6.07, 6.45) is 7.37. The van der Waals surface area contributed by atoms with E-state index in [-0.39, 0.29) is 0 Å². The largest absolute Gasteiger partial charge is 0.379 e. The van der Waals surface area contributed by atoms with Gasteiger partial charge in [-0.2, -0.15) is 0 Å². The fourth-order valence-electron chi connectivity index (χ4n) is 3.28. The third-order valence-corrected chi connectivity index (χ3v) is 4.61. The fraction of sp³-hybridized carbons (Fsp3) is 0.688. The van der Waals surface area contributed by atoms with Gasteiger partial charge in [0.25, 0.3) is 0 Å². The maximum absolute atomic E-state index is 5.72. The molecule has 0 aromatic carbocycles. The van der Waals surface area contributed by atoms with Crippen LogP contribution in [0.4, 0.5) is 0 Å². The Morgan fingerprint density at radius 2 is 2.00 bits per heavy atom. The summed E-state index contributed by atoms with van der Waals surface area (Å²) < 4.78 is 5.72. The van der Waals surface area contributed by atoms with E-state index in [9.17, 15) is 0 Å². The first-order valence-electron chi connectivity index (χ1n) is 7.72. The van der Waals surface area contributed by atoms with Gasteiger partial charge in [-0.1, -0.05) is 0 Å². The van der Waals surface area contributed by atoms with Crippen molar-refractivity contribution in [2.75, 3.05) is 33.4 Å². The number of nitrogens with one attached hydrogen (secondary N) is 1. The predicted molar refractivity (Wildman–Crippen MR) is 79.7 cm³/mol. The maximum Gasteiger partial charge on any atom is 0.0623 e. The Morgan fingerprint density at radius 1 is 1.25 bits per heavy atom. The molecule has 2 saturated heterocycles. The van der Waals surface area contributed by atoms with Gasteiger partial charge in [0, 0.05) is 30.4 Å². The monoisotopic (exact) mass is 275 g/mol. The molecule has 0 spiro atoms. The van der Waals surface area contributed by atoms with Gasteiger partial charge in [-0.25, -0.2) is 0 Å². The number of ether oxygens (including phenoxy) is 1. The molecule has 0 unspecified atom stereocenters. The first-order valence-corrected chi connectivity index (χ1v) is 7.72. The summed E-state index contributed by atoms with van der Waals surface area (Å²) in [6, 6.07) is 5.41. The van der Waals surface area contributed by atoms with Crippen molar-refractivity contribution < 1.29 is 4.74 Å². The number of hydrogen-bond donors (Lipinski definition) is 1. The first kappa shape index (κ1) is 14.0. The van der Waals surface area contributed by atoms with Crippen LogP contribution in [0, 0.1) is 5.92 Å². The minimum absolute atomic E-state index is 0.511. The summed E-state index contributed by atoms with van der Waals surface area (Å²) in [5, 5.41) is 3.84. The van der Waals surface area contributed by atoms with Crippen molar-refractivity contribution in [3.63, 3.8) is 0 Å². The van der Waals surface area contributed by atoms with Crippen LogP contribution in [0.15, 0.2) is 24.5 Å². The minimum atomic E-state index is 0.511. The third kappa shape index (κ3) is 3.57. The molecular weight excluding hydrogens is 250 g/mol. The molecule has 0 bridgehead atoms. The van der Waals surface area contributed by atoms with Crippen LogP contribution in [-0.2, 0) is 11.2 Å². The molecule has 2 aliphatic rings. The Balaban J connectivity index is 1.53. The molecule has 0 amide bonds. The van der Waals surface area contributed by atoms with Crippen LogP contribution in [0.1, 0.15) is 18.4 Å². The van der Waals surface area contributed by atoms with Crippen molar-refractivity contribution in [1.29, 1.82) is 0 Å². The molecule has 2 aliphatic heterocycles. The molecule has 20 heavy (non-hydrogen) atoms. The van der Waals surface area contributed by atoms with Gasteiger partial charge in [0.05, 0.1) is 13.2 Å². The molecule has 4 heteroatoms. The molecule has 2 atom stereocenters. The lowest BCUT2D eigenvalue weighted by Gasteiger charge is -2.32. The molecular formula is C16H25N3O. The number of hydrogen-bond acceptors (Lipinski definition) is 4. The van der Waals surface area contributed by atoms with Crippen LogP contribution in [0.25, 0.3) is 0 Å². The van der Waals surface area contributed by atoms with Crippen LogP contribution >= 0.6 is 0 Å². The Kier molecular flexibility index (Phi) is 4.65. The molecule has 1 aromatic heterocycles. The van der Waals surface area contributed by atoms with Crippen LogP contribution in [0.3, 0.4) is 0 Å². The molecule has 0 radical (unpaired) electrons. The predicted octanol–water partition coefficient (Wildman–Crippen LogP) is 1.32. The quantitative estimate of drug-likeness (QED) is 0.899. The van der Waals surface area contributed by atoms with E-state index in [4.69, 9.17) is 4.74 Å². The lowest BCUT2D eigenvalue weighted by Crippen LogP contribution is -2.48. The molecule has 2 fully saturated rings. The molecule has 1 N–H and O–H groups in total. The maximum atomic E-state index is 5.72. The highest BCUT2D eigenvalue weighted by Gasteiger charge is 2.30. The van der Waals surface area contributed by atoms with E-state index >= 15 is 0 Å². The van der Waals surface area contributed by atoms with Crippen LogP contribution < -0.4 is 5.32 Å². The lowest BCUT2D eigenvalue weighted by molar-refractivity contribution is 0.177. The van der Waals surface area contributed by atoms with E-state index in [1.807, 2.05) is 12.4 Å². The Labute approximate surface area is 121 Å². The van der Waals surface area contributed by atoms with Crippen molar-refractivity contribution in [2.45, 2.75) is 31.3 Å². The van der Waals surface area contributed by atoms with Gasteiger partial charge in [-0.15, -0.1) is 0 Å². The third-order valence-electron chi connectivity index (χ3n) is 4.61. The fourth-order valence-corrected chi connectivity index (χ4v) is 3.28. The average molecular weight is 275 g/mol. The molecule has 0 saturated carbocycles. The molecule has 3 rings (SSSR count). The second-order valence-electron chi connectivity index (χ2n) is 6.21. The van der Waals surface area contributed by atoms with Crippen molar-refractivity contribution >= 4 is 0 Å². The van der Waals surface area contributed by atoms with Gasteiger partial charge in [0.1, 0.15) is 0 Å². The molecule has 4 nitrogen and oxygen atoms in total. The first-order chi connectivity index (χ1) is 9.81. The van der Waals surface area contributed by atoms with E-state index < -0.39 is 0 Å². The van der Waals surface area contributed by atoms with Gasteiger partial charge in [-0.05, 0) is 57.1 Å². The molecule has 3 heterocycles. The Morgan fingerprint density at radius 3 is 2.75 bits per heavy atom. The van der Waals surface area contributed by atoms with Crippen LogP contribution in [0.2, 0.25) is 0 Å². The van der Waals surface area contributed by atoms with E-state index in [1.54, 1.807) is 0 Å². The summed E-state index contributed by atoms with van der Waals surface area (Å²) in [5.41, 5.74) is 1.37. The zero-order chi connectivity index (χ0) is 13.8. The van der Waals surface area contributed by atoms with Crippen molar-refractivity contribution in [3.8, 4) is 0 Å². The van der Waals surface area contributed by atoms with E-state index in [1.165, 1.54) is 31.5 Å². The van der Waals surface area contributed by atoms with Crippen LogP contribution in [0.5, 0.6) is 0 Å². The molecule has 110 valence electrons. The van der Waals surface area contributed by atoms with Gasteiger partial charge >= 0.3 is 0 Å². The summed E-state index contributed by atoms with van der Waals surface area (Å²) in [4.78, 5) is 6.50. The smallest absolute Gasteiger partial charge is 0.0623 e. The lowest BCUT2D eigenvalue weighted by atomic mass is 9.93.